The minimum absolute atomic E-state index is 0.00430. The number of nitrogens with zero attached hydrogens (tertiary/aromatic N) is 1. The number of nitrogens with one attached hydrogen (secondary N) is 2. The molecule has 5 aliphatic rings. The van der Waals surface area contributed by atoms with E-state index in [1.54, 1.807) is 0 Å². The molecule has 4 aromatic rings. The Morgan fingerprint density at radius 2 is 1.32 bits per heavy atom. The van der Waals surface area contributed by atoms with Gasteiger partial charge in [0, 0.05) is 42.8 Å². The van der Waals surface area contributed by atoms with Crippen LogP contribution in [0.3, 0.4) is 0 Å². The molecule has 0 spiro atoms. The molecule has 260 valence electrons. The van der Waals surface area contributed by atoms with Gasteiger partial charge in [-0.2, -0.15) is 0 Å². The van der Waals surface area contributed by atoms with E-state index in [-0.39, 0.29) is 30.4 Å². The van der Waals surface area contributed by atoms with Gasteiger partial charge in [0.05, 0.1) is 18.8 Å². The highest BCUT2D eigenvalue weighted by Crippen LogP contribution is 2.55. The summed E-state index contributed by atoms with van der Waals surface area (Å²) < 4.78 is 13.5. The van der Waals surface area contributed by atoms with Crippen LogP contribution in [-0.4, -0.2) is 34.2 Å². The molecular formula is C43H49N3O4. The summed E-state index contributed by atoms with van der Waals surface area (Å²) in [5.74, 6) is 2.30. The fourth-order valence-corrected chi connectivity index (χ4v) is 9.62. The van der Waals surface area contributed by atoms with Crippen molar-refractivity contribution in [3.8, 4) is 0 Å². The standard InChI is InChI=1S/C43H49N3O4/c47-29-32-14-16-36(17-15-32)40-22-39(28-46(26-30-8-3-1-4-9-30)27-31-10-5-2-6-11-31)49-41(50-40)37-12-7-13-38(21-37)44-42(48)45-43-23-33-18-34(24-43)20-35(19-33)25-43/h1-17,21,33-35,39-41,47H,18-20,22-29H2,(H2,44,45,48)/t33?,34?,35?,39-,40+,41+,43?/m1/s1. The molecule has 0 unspecified atom stereocenters. The van der Waals surface area contributed by atoms with Crippen LogP contribution in [0.5, 0.6) is 0 Å². The number of amides is 2. The van der Waals surface area contributed by atoms with E-state index in [0.29, 0.717) is 6.42 Å². The van der Waals surface area contributed by atoms with Crippen molar-refractivity contribution in [2.75, 3.05) is 11.9 Å². The van der Waals surface area contributed by atoms with Crippen LogP contribution in [0.2, 0.25) is 0 Å². The molecule has 50 heavy (non-hydrogen) atoms. The Morgan fingerprint density at radius 3 is 1.92 bits per heavy atom. The summed E-state index contributed by atoms with van der Waals surface area (Å²) in [5.41, 5.74) is 6.00. The first-order chi connectivity index (χ1) is 24.5. The number of hydrogen-bond acceptors (Lipinski definition) is 5. The molecule has 3 atom stereocenters. The first kappa shape index (κ1) is 33.2. The van der Waals surface area contributed by atoms with E-state index in [2.05, 4.69) is 76.2 Å². The topological polar surface area (TPSA) is 83.1 Å². The molecular weight excluding hydrogens is 622 g/mol. The summed E-state index contributed by atoms with van der Waals surface area (Å²) in [5, 5.41) is 16.3. The molecule has 3 N–H and O–H groups in total. The van der Waals surface area contributed by atoms with Gasteiger partial charge in [0.25, 0.3) is 0 Å². The molecule has 1 saturated heterocycles. The van der Waals surface area contributed by atoms with Crippen molar-refractivity contribution in [3.05, 3.63) is 137 Å². The third-order valence-corrected chi connectivity index (χ3v) is 11.4. The monoisotopic (exact) mass is 671 g/mol. The van der Waals surface area contributed by atoms with Crippen molar-refractivity contribution in [3.63, 3.8) is 0 Å². The van der Waals surface area contributed by atoms with Crippen molar-refractivity contribution in [2.24, 2.45) is 17.8 Å². The third-order valence-electron chi connectivity index (χ3n) is 11.4. The van der Waals surface area contributed by atoms with Crippen LogP contribution < -0.4 is 10.6 Å². The predicted molar refractivity (Wildman–Crippen MR) is 195 cm³/mol. The Morgan fingerprint density at radius 1 is 0.700 bits per heavy atom. The van der Waals surface area contributed by atoms with E-state index >= 15 is 0 Å². The average Bonchev–Trinajstić information content (AvgIpc) is 3.11. The molecule has 1 aliphatic heterocycles. The van der Waals surface area contributed by atoms with E-state index in [4.69, 9.17) is 9.47 Å². The maximum Gasteiger partial charge on any atom is 0.319 e. The van der Waals surface area contributed by atoms with Gasteiger partial charge in [-0.05, 0) is 90.7 Å². The maximum absolute atomic E-state index is 13.4. The maximum atomic E-state index is 13.4. The molecule has 4 saturated carbocycles. The van der Waals surface area contributed by atoms with Crippen molar-refractivity contribution < 1.29 is 19.4 Å². The van der Waals surface area contributed by atoms with Gasteiger partial charge < -0.3 is 25.2 Å². The van der Waals surface area contributed by atoms with Crippen molar-refractivity contribution >= 4 is 11.7 Å². The fourth-order valence-electron chi connectivity index (χ4n) is 9.62. The number of benzene rings is 4. The highest BCUT2D eigenvalue weighted by Gasteiger charge is 2.51. The fraction of sp³-hybridized carbons (Fsp3) is 0.419. The van der Waals surface area contributed by atoms with Gasteiger partial charge in [-0.3, -0.25) is 4.90 Å². The van der Waals surface area contributed by atoms with Crippen molar-refractivity contribution in [2.45, 2.75) is 88.7 Å². The van der Waals surface area contributed by atoms with Gasteiger partial charge in [0.2, 0.25) is 0 Å². The number of aliphatic hydroxyl groups is 1. The third kappa shape index (κ3) is 7.82. The van der Waals surface area contributed by atoms with Crippen LogP contribution in [0.1, 0.15) is 85.2 Å². The zero-order chi connectivity index (χ0) is 33.9. The molecule has 1 heterocycles. The van der Waals surface area contributed by atoms with Gasteiger partial charge in [0.15, 0.2) is 6.29 Å². The number of urea groups is 1. The lowest BCUT2D eigenvalue weighted by atomic mass is 9.53. The van der Waals surface area contributed by atoms with Crippen molar-refractivity contribution in [1.82, 2.24) is 10.2 Å². The van der Waals surface area contributed by atoms with Crippen LogP contribution in [0.25, 0.3) is 0 Å². The van der Waals surface area contributed by atoms with E-state index in [1.165, 1.54) is 30.4 Å². The number of hydrogen-bond donors (Lipinski definition) is 3. The number of rotatable bonds is 11. The number of carbonyl (C=O) groups is 1. The molecule has 4 aliphatic carbocycles. The second-order valence-electron chi connectivity index (χ2n) is 15.4. The summed E-state index contributed by atoms with van der Waals surface area (Å²) in [7, 11) is 0. The van der Waals surface area contributed by atoms with Gasteiger partial charge in [-0.1, -0.05) is 97.1 Å². The van der Waals surface area contributed by atoms with E-state index in [9.17, 15) is 9.90 Å². The highest BCUT2D eigenvalue weighted by atomic mass is 16.7. The zero-order valence-electron chi connectivity index (χ0n) is 28.8. The first-order valence-corrected chi connectivity index (χ1v) is 18.5. The Bertz CT molecular complexity index is 1650. The van der Waals surface area contributed by atoms with E-state index < -0.39 is 6.29 Å². The van der Waals surface area contributed by atoms with Gasteiger partial charge >= 0.3 is 6.03 Å². The van der Waals surface area contributed by atoms with Crippen LogP contribution in [0, 0.1) is 17.8 Å². The molecule has 2 amide bonds. The number of ether oxygens (including phenoxy) is 2. The Balaban J connectivity index is 1.01. The van der Waals surface area contributed by atoms with Crippen LogP contribution in [-0.2, 0) is 29.2 Å². The molecule has 7 nitrogen and oxygen atoms in total. The normalized spacial score (nSPS) is 28.4. The average molecular weight is 672 g/mol. The predicted octanol–water partition coefficient (Wildman–Crippen LogP) is 8.52. The number of anilines is 1. The van der Waals surface area contributed by atoms with Crippen molar-refractivity contribution in [1.29, 1.82) is 0 Å². The summed E-state index contributed by atoms with van der Waals surface area (Å²) >= 11 is 0. The van der Waals surface area contributed by atoms with Gasteiger partial charge in [-0.25, -0.2) is 4.79 Å². The SMILES string of the molecule is O=C(Nc1cccc([C@H]2O[C@@H](CN(Cc3ccccc3)Cc3ccccc3)C[C@@H](c3ccc(CO)cc3)O2)c1)NC12CC3CC(CC(C3)C1)C2. The number of carbonyl (C=O) groups excluding carboxylic acids is 1. The second kappa shape index (κ2) is 14.7. The Kier molecular flexibility index (Phi) is 9.74. The smallest absolute Gasteiger partial charge is 0.319 e. The van der Waals surface area contributed by atoms with E-state index in [0.717, 1.165) is 79.0 Å². The highest BCUT2D eigenvalue weighted by molar-refractivity contribution is 5.90. The molecule has 9 rings (SSSR count). The van der Waals surface area contributed by atoms with Crippen LogP contribution in [0.4, 0.5) is 10.5 Å². The number of aliphatic hydroxyl groups excluding tert-OH is 1. The summed E-state index contributed by atoms with van der Waals surface area (Å²) in [6, 6.07) is 37.0. The largest absolute Gasteiger partial charge is 0.392 e. The first-order valence-electron chi connectivity index (χ1n) is 18.5. The molecule has 0 radical (unpaired) electrons. The quantitative estimate of drug-likeness (QED) is 0.149. The molecule has 4 aromatic carbocycles. The summed E-state index contributed by atoms with van der Waals surface area (Å²) in [6.45, 7) is 2.33. The van der Waals surface area contributed by atoms with Gasteiger partial charge in [-0.15, -0.1) is 0 Å². The zero-order valence-corrected chi connectivity index (χ0v) is 28.8. The lowest BCUT2D eigenvalue weighted by Gasteiger charge is -2.56. The molecule has 0 aromatic heterocycles. The van der Waals surface area contributed by atoms with E-state index in [1.807, 2.05) is 48.5 Å². The Hall–Kier alpha value is -4.01. The summed E-state index contributed by atoms with van der Waals surface area (Å²) in [4.78, 5) is 15.9. The minimum Gasteiger partial charge on any atom is -0.392 e. The molecule has 5 fully saturated rings. The van der Waals surface area contributed by atoms with Crippen LogP contribution >= 0.6 is 0 Å². The lowest BCUT2D eigenvalue weighted by Crippen LogP contribution is -2.60. The van der Waals surface area contributed by atoms with Gasteiger partial charge in [0.1, 0.15) is 0 Å². The minimum atomic E-state index is -0.612. The molecule has 7 heteroatoms. The second-order valence-corrected chi connectivity index (χ2v) is 15.4. The molecule has 4 bridgehead atoms. The lowest BCUT2D eigenvalue weighted by molar-refractivity contribution is -0.253. The summed E-state index contributed by atoms with van der Waals surface area (Å²) in [6.07, 6.45) is 7.15. The Labute approximate surface area is 296 Å². The van der Waals surface area contributed by atoms with Crippen LogP contribution in [0.15, 0.2) is 109 Å².